The fourth-order valence-corrected chi connectivity index (χ4v) is 3.35. The summed E-state index contributed by atoms with van der Waals surface area (Å²) >= 11 is 3.21. The minimum Gasteiger partial charge on any atom is -0.330 e. The molecule has 3 N–H and O–H groups in total. The van der Waals surface area contributed by atoms with Crippen LogP contribution in [0.5, 0.6) is 0 Å². The number of carbonyl (C=O) groups excluding carboxylic acids is 1. The molecule has 0 aliphatic carbocycles. The SMILES string of the molecule is Cc1ccc(SCCc2nnc(NC(=O)CCN)s2)cc1. The molecule has 112 valence electrons. The molecule has 2 aromatic rings. The topological polar surface area (TPSA) is 80.9 Å². The van der Waals surface area contributed by atoms with Crippen LogP contribution in [-0.2, 0) is 11.2 Å². The van der Waals surface area contributed by atoms with Gasteiger partial charge >= 0.3 is 0 Å². The number of nitrogens with one attached hydrogen (secondary N) is 1. The molecule has 0 saturated carbocycles. The molecule has 2 rings (SSSR count). The lowest BCUT2D eigenvalue weighted by molar-refractivity contribution is -0.116. The molecule has 0 atom stereocenters. The molecule has 1 heterocycles. The van der Waals surface area contributed by atoms with Crippen LogP contribution in [0.3, 0.4) is 0 Å². The number of aromatic nitrogens is 2. The number of carbonyl (C=O) groups is 1. The Balaban J connectivity index is 1.77. The van der Waals surface area contributed by atoms with Gasteiger partial charge in [-0.3, -0.25) is 4.79 Å². The lowest BCUT2D eigenvalue weighted by atomic mass is 10.2. The Morgan fingerprint density at radius 2 is 2.10 bits per heavy atom. The van der Waals surface area contributed by atoms with Gasteiger partial charge in [-0.2, -0.15) is 0 Å². The highest BCUT2D eigenvalue weighted by molar-refractivity contribution is 7.99. The van der Waals surface area contributed by atoms with Crippen molar-refractivity contribution >= 4 is 34.1 Å². The maximum atomic E-state index is 11.4. The number of hydrogen-bond donors (Lipinski definition) is 2. The van der Waals surface area contributed by atoms with Crippen molar-refractivity contribution in [2.24, 2.45) is 5.73 Å². The third-order valence-electron chi connectivity index (χ3n) is 2.69. The molecule has 1 aromatic heterocycles. The van der Waals surface area contributed by atoms with E-state index < -0.39 is 0 Å². The predicted molar refractivity (Wildman–Crippen MR) is 87.8 cm³/mol. The molecular formula is C14H18N4OS2. The Bertz CT molecular complexity index is 583. The molecule has 5 nitrogen and oxygen atoms in total. The average Bonchev–Trinajstić information content (AvgIpc) is 2.89. The predicted octanol–water partition coefficient (Wildman–Crippen LogP) is 2.47. The van der Waals surface area contributed by atoms with Crippen LogP contribution < -0.4 is 11.1 Å². The fourth-order valence-electron chi connectivity index (χ4n) is 1.61. The number of nitrogens with zero attached hydrogens (tertiary/aromatic N) is 2. The number of hydrogen-bond acceptors (Lipinski definition) is 6. The third kappa shape index (κ3) is 5.45. The number of aryl methyl sites for hydroxylation is 2. The van der Waals surface area contributed by atoms with Crippen LogP contribution in [0.1, 0.15) is 17.0 Å². The second-order valence-electron chi connectivity index (χ2n) is 4.50. The largest absolute Gasteiger partial charge is 0.330 e. The van der Waals surface area contributed by atoms with E-state index in [1.165, 1.54) is 21.8 Å². The van der Waals surface area contributed by atoms with Crippen LogP contribution in [0.15, 0.2) is 29.2 Å². The Morgan fingerprint density at radius 3 is 2.81 bits per heavy atom. The summed E-state index contributed by atoms with van der Waals surface area (Å²) in [6, 6.07) is 8.47. The summed E-state index contributed by atoms with van der Waals surface area (Å²) in [6.45, 7) is 2.42. The van der Waals surface area contributed by atoms with E-state index in [4.69, 9.17) is 5.73 Å². The Kier molecular flexibility index (Phi) is 6.16. The van der Waals surface area contributed by atoms with Crippen LogP contribution in [0, 0.1) is 6.92 Å². The second-order valence-corrected chi connectivity index (χ2v) is 6.73. The molecule has 0 fully saturated rings. The first-order valence-electron chi connectivity index (χ1n) is 6.69. The van der Waals surface area contributed by atoms with Crippen LogP contribution in [-0.4, -0.2) is 28.4 Å². The molecule has 0 saturated heterocycles. The summed E-state index contributed by atoms with van der Waals surface area (Å²) in [4.78, 5) is 12.6. The van der Waals surface area contributed by atoms with Crippen molar-refractivity contribution in [3.05, 3.63) is 34.8 Å². The zero-order chi connectivity index (χ0) is 15.1. The van der Waals surface area contributed by atoms with Gasteiger partial charge in [0.05, 0.1) is 0 Å². The monoisotopic (exact) mass is 322 g/mol. The summed E-state index contributed by atoms with van der Waals surface area (Å²) in [6.07, 6.45) is 1.14. The molecule has 0 spiro atoms. The Hall–Kier alpha value is -1.44. The first-order valence-corrected chi connectivity index (χ1v) is 8.49. The van der Waals surface area contributed by atoms with E-state index in [0.717, 1.165) is 17.2 Å². The number of rotatable bonds is 7. The summed E-state index contributed by atoms with van der Waals surface area (Å²) < 4.78 is 0. The minimum atomic E-state index is -0.116. The van der Waals surface area contributed by atoms with Gasteiger partial charge in [-0.05, 0) is 19.1 Å². The Morgan fingerprint density at radius 1 is 1.33 bits per heavy atom. The van der Waals surface area contributed by atoms with E-state index in [1.54, 1.807) is 11.8 Å². The molecular weight excluding hydrogens is 304 g/mol. The zero-order valence-electron chi connectivity index (χ0n) is 11.8. The number of amides is 1. The van der Waals surface area contributed by atoms with Crippen LogP contribution in [0.4, 0.5) is 5.13 Å². The minimum absolute atomic E-state index is 0.116. The van der Waals surface area contributed by atoms with Gasteiger partial charge in [0, 0.05) is 30.0 Å². The summed E-state index contributed by atoms with van der Waals surface area (Å²) in [7, 11) is 0. The van der Waals surface area contributed by atoms with Crippen molar-refractivity contribution in [2.45, 2.75) is 24.7 Å². The van der Waals surface area contributed by atoms with Gasteiger partial charge in [-0.15, -0.1) is 22.0 Å². The van der Waals surface area contributed by atoms with Gasteiger partial charge in [0.1, 0.15) is 5.01 Å². The second kappa shape index (κ2) is 8.11. The molecule has 0 aliphatic rings. The highest BCUT2D eigenvalue weighted by atomic mass is 32.2. The normalized spacial score (nSPS) is 10.6. The summed E-state index contributed by atoms with van der Waals surface area (Å²) in [5, 5.41) is 12.2. The zero-order valence-corrected chi connectivity index (χ0v) is 13.5. The molecule has 1 amide bonds. The molecule has 21 heavy (non-hydrogen) atoms. The van der Waals surface area contributed by atoms with E-state index in [9.17, 15) is 4.79 Å². The molecule has 1 aromatic carbocycles. The van der Waals surface area contributed by atoms with Crippen molar-refractivity contribution < 1.29 is 4.79 Å². The van der Waals surface area contributed by atoms with Crippen molar-refractivity contribution in [3.63, 3.8) is 0 Å². The van der Waals surface area contributed by atoms with Crippen molar-refractivity contribution in [3.8, 4) is 0 Å². The van der Waals surface area contributed by atoms with Crippen LogP contribution >= 0.6 is 23.1 Å². The van der Waals surface area contributed by atoms with Gasteiger partial charge in [0.15, 0.2) is 0 Å². The first-order chi connectivity index (χ1) is 10.2. The van der Waals surface area contributed by atoms with Crippen molar-refractivity contribution in [1.29, 1.82) is 0 Å². The van der Waals surface area contributed by atoms with Gasteiger partial charge < -0.3 is 11.1 Å². The van der Waals surface area contributed by atoms with Crippen molar-refractivity contribution in [2.75, 3.05) is 17.6 Å². The highest BCUT2D eigenvalue weighted by Crippen LogP contribution is 2.22. The van der Waals surface area contributed by atoms with E-state index >= 15 is 0 Å². The van der Waals surface area contributed by atoms with Gasteiger partial charge in [0.2, 0.25) is 11.0 Å². The fraction of sp³-hybridized carbons (Fsp3) is 0.357. The lowest BCUT2D eigenvalue weighted by Crippen LogP contribution is -2.15. The molecule has 0 bridgehead atoms. The smallest absolute Gasteiger partial charge is 0.227 e. The molecule has 0 aliphatic heterocycles. The number of benzene rings is 1. The summed E-state index contributed by atoms with van der Waals surface area (Å²) in [5.41, 5.74) is 6.59. The first kappa shape index (κ1) is 15.9. The third-order valence-corrected chi connectivity index (χ3v) is 4.60. The van der Waals surface area contributed by atoms with Crippen molar-refractivity contribution in [1.82, 2.24) is 10.2 Å². The van der Waals surface area contributed by atoms with Crippen LogP contribution in [0.2, 0.25) is 0 Å². The highest BCUT2D eigenvalue weighted by Gasteiger charge is 2.07. The van der Waals surface area contributed by atoms with Gasteiger partial charge in [-0.25, -0.2) is 0 Å². The Labute approximate surface area is 132 Å². The van der Waals surface area contributed by atoms with E-state index in [1.807, 2.05) is 0 Å². The maximum absolute atomic E-state index is 11.4. The molecule has 0 unspecified atom stereocenters. The summed E-state index contributed by atoms with van der Waals surface area (Å²) in [5.74, 6) is 0.822. The van der Waals surface area contributed by atoms with Crippen LogP contribution in [0.25, 0.3) is 0 Å². The number of anilines is 1. The van der Waals surface area contributed by atoms with E-state index in [0.29, 0.717) is 18.1 Å². The lowest BCUT2D eigenvalue weighted by Gasteiger charge is -2.00. The average molecular weight is 322 g/mol. The van der Waals surface area contributed by atoms with E-state index in [-0.39, 0.29) is 5.91 Å². The maximum Gasteiger partial charge on any atom is 0.227 e. The number of nitrogens with two attached hydrogens (primary N) is 1. The molecule has 7 heteroatoms. The van der Waals surface area contributed by atoms with Gasteiger partial charge in [0.25, 0.3) is 0 Å². The quantitative estimate of drug-likeness (QED) is 0.765. The standard InChI is InChI=1S/C14H18N4OS2/c1-10-2-4-11(5-3-10)20-9-7-13-17-18-14(21-13)16-12(19)6-8-15/h2-5H,6-9,15H2,1H3,(H,16,18,19). The van der Waals surface area contributed by atoms with E-state index in [2.05, 4.69) is 46.7 Å². The molecule has 0 radical (unpaired) electrons. The number of thioether (sulfide) groups is 1. The van der Waals surface area contributed by atoms with Gasteiger partial charge in [-0.1, -0.05) is 29.0 Å².